The summed E-state index contributed by atoms with van der Waals surface area (Å²) in [5.41, 5.74) is 0.556. The Bertz CT molecular complexity index is 1650. The minimum atomic E-state index is -5.32. The number of nitrogens with one attached hydrogen (secondary N) is 7. The van der Waals surface area contributed by atoms with Gasteiger partial charge in [-0.25, -0.2) is 9.13 Å². The lowest BCUT2D eigenvalue weighted by atomic mass is 10.0. The summed E-state index contributed by atoms with van der Waals surface area (Å²) in [5.74, 6) is -7.09. The van der Waals surface area contributed by atoms with E-state index in [4.69, 9.17) is 0 Å². The average molecular weight is 826 g/mol. The molecule has 0 radical (unpaired) electrons. The van der Waals surface area contributed by atoms with Crippen LogP contribution in [-0.2, 0) is 63.0 Å². The van der Waals surface area contributed by atoms with Crippen LogP contribution in [0.5, 0.6) is 5.75 Å². The lowest BCUT2D eigenvalue weighted by molar-refractivity contribution is -0.136. The highest BCUT2D eigenvalue weighted by Crippen LogP contribution is 2.38. The third-order valence-electron chi connectivity index (χ3n) is 6.99. The van der Waals surface area contributed by atoms with Crippen LogP contribution < -0.4 is 37.2 Å². The van der Waals surface area contributed by atoms with E-state index in [0.29, 0.717) is 11.8 Å². The number of hydrogen-bond donors (Lipinski definition) is 12. The van der Waals surface area contributed by atoms with Gasteiger partial charge in [-0.15, -0.1) is 0 Å². The molecule has 0 bridgehead atoms. The van der Waals surface area contributed by atoms with Crippen LogP contribution in [0.15, 0.2) is 24.3 Å². The standard InChI is InChI=1S/C29H45N7O17P2/c1-14(12-37)31-26(42)16(3)33-29(45)24(17(4)53-55(49,50)51)36-28(44)22(13-52-54(46,47)48)35-23(40)11-30-25(41)15(2)32-27(43)21(34-18(5)38)10-19-6-8-20(39)9-7-19/h6-9,12,14-17,21-22,24,39H,10-11,13H2,1-5H3,(H,30,41)(H,31,42)(H,32,43)(H,33,45)(H,34,38)(H,35,40)(H,36,44)(H2,46,47,48)(H2,49,50,51)/t14-,15-,16-,17+,21-,22-,24-/m0/s1. The number of aldehydes is 1. The van der Waals surface area contributed by atoms with Crippen molar-refractivity contribution in [3.8, 4) is 5.75 Å². The van der Waals surface area contributed by atoms with Crippen LogP contribution in [0.2, 0.25) is 0 Å². The van der Waals surface area contributed by atoms with Crippen LogP contribution in [0, 0.1) is 0 Å². The molecule has 0 spiro atoms. The molecule has 24 nitrogen and oxygen atoms in total. The molecule has 0 aromatic heterocycles. The summed E-state index contributed by atoms with van der Waals surface area (Å²) in [6, 6.07) is -3.17. The van der Waals surface area contributed by atoms with Crippen molar-refractivity contribution in [2.45, 2.75) is 83.4 Å². The van der Waals surface area contributed by atoms with Crippen molar-refractivity contribution < 1.29 is 81.2 Å². The van der Waals surface area contributed by atoms with Crippen molar-refractivity contribution >= 4 is 63.3 Å². The van der Waals surface area contributed by atoms with Gasteiger partial charge in [-0.3, -0.25) is 42.6 Å². The predicted octanol–water partition coefficient (Wildman–Crippen LogP) is -4.15. The highest BCUT2D eigenvalue weighted by Gasteiger charge is 2.36. The third-order valence-corrected chi connectivity index (χ3v) is 8.08. The normalized spacial score (nSPS) is 15.3. The van der Waals surface area contributed by atoms with Crippen LogP contribution in [0.4, 0.5) is 0 Å². The molecule has 0 unspecified atom stereocenters. The molecular formula is C29H45N7O17P2. The zero-order valence-electron chi connectivity index (χ0n) is 30.1. The number of phosphoric ester groups is 2. The maximum atomic E-state index is 13.3. The maximum Gasteiger partial charge on any atom is 0.469 e. The number of amides is 7. The Morgan fingerprint density at radius 1 is 0.709 bits per heavy atom. The molecule has 0 saturated carbocycles. The molecule has 0 fully saturated rings. The van der Waals surface area contributed by atoms with Gasteiger partial charge in [-0.1, -0.05) is 12.1 Å². The Morgan fingerprint density at radius 3 is 1.78 bits per heavy atom. The van der Waals surface area contributed by atoms with E-state index in [1.807, 2.05) is 10.6 Å². The summed E-state index contributed by atoms with van der Waals surface area (Å²) in [6.07, 6.45) is -1.49. The Kier molecular flexibility index (Phi) is 19.2. The highest BCUT2D eigenvalue weighted by molar-refractivity contribution is 7.46. The number of phenols is 1. The van der Waals surface area contributed by atoms with E-state index in [1.165, 1.54) is 38.1 Å². The smallest absolute Gasteiger partial charge is 0.469 e. The summed E-state index contributed by atoms with van der Waals surface area (Å²) in [4.78, 5) is 137. The molecule has 1 rings (SSSR count). The number of phenolic OH excluding ortho intramolecular Hbond substituents is 1. The van der Waals surface area contributed by atoms with Crippen molar-refractivity contribution in [3.63, 3.8) is 0 Å². The fourth-order valence-corrected chi connectivity index (χ4v) is 5.20. The molecular weight excluding hydrogens is 780 g/mol. The van der Waals surface area contributed by atoms with Crippen molar-refractivity contribution in [2.24, 2.45) is 0 Å². The topological polar surface area (TPSA) is 375 Å². The van der Waals surface area contributed by atoms with Gasteiger partial charge in [0.25, 0.3) is 0 Å². The van der Waals surface area contributed by atoms with Crippen LogP contribution >= 0.6 is 15.6 Å². The van der Waals surface area contributed by atoms with Gasteiger partial charge in [0.1, 0.15) is 42.2 Å². The van der Waals surface area contributed by atoms with Gasteiger partial charge in [-0.05, 0) is 45.4 Å². The fourth-order valence-electron chi connectivity index (χ4n) is 4.30. The second kappa shape index (κ2) is 21.9. The lowest BCUT2D eigenvalue weighted by Crippen LogP contribution is -2.61. The van der Waals surface area contributed by atoms with Crippen molar-refractivity contribution in [2.75, 3.05) is 13.2 Å². The Morgan fingerprint density at radius 2 is 1.25 bits per heavy atom. The van der Waals surface area contributed by atoms with Gasteiger partial charge < -0.3 is 66.7 Å². The first-order valence-corrected chi connectivity index (χ1v) is 19.1. The average Bonchev–Trinajstić information content (AvgIpc) is 3.06. The second-order valence-corrected chi connectivity index (χ2v) is 14.4. The van der Waals surface area contributed by atoms with Gasteiger partial charge in [0.2, 0.25) is 41.4 Å². The summed E-state index contributed by atoms with van der Waals surface area (Å²) < 4.78 is 31.7. The van der Waals surface area contributed by atoms with E-state index >= 15 is 0 Å². The van der Waals surface area contributed by atoms with Crippen molar-refractivity contribution in [1.82, 2.24) is 37.2 Å². The molecule has 0 saturated heterocycles. The van der Waals surface area contributed by atoms with Crippen LogP contribution in [0.3, 0.4) is 0 Å². The Hall–Kier alpha value is -4.80. The van der Waals surface area contributed by atoms with Gasteiger partial charge in [0, 0.05) is 13.3 Å². The highest BCUT2D eigenvalue weighted by atomic mass is 31.2. The van der Waals surface area contributed by atoms with E-state index in [9.17, 15) is 72.2 Å². The molecule has 0 aliphatic heterocycles. The van der Waals surface area contributed by atoms with E-state index in [1.54, 1.807) is 0 Å². The van der Waals surface area contributed by atoms with Gasteiger partial charge in [0.15, 0.2) is 0 Å². The number of carbonyl (C=O) groups is 8. The molecule has 0 heterocycles. The van der Waals surface area contributed by atoms with E-state index in [-0.39, 0.29) is 12.2 Å². The summed E-state index contributed by atoms with van der Waals surface area (Å²) >= 11 is 0. The van der Waals surface area contributed by atoms with E-state index < -0.39 is 113 Å². The molecule has 26 heteroatoms. The van der Waals surface area contributed by atoms with E-state index in [0.717, 1.165) is 20.8 Å². The lowest BCUT2D eigenvalue weighted by Gasteiger charge is -2.28. The minimum Gasteiger partial charge on any atom is -0.508 e. The summed E-state index contributed by atoms with van der Waals surface area (Å²) in [7, 11) is -10.6. The first-order valence-electron chi connectivity index (χ1n) is 16.0. The Balaban J connectivity index is 3.08. The molecule has 0 aliphatic carbocycles. The second-order valence-electron chi connectivity index (χ2n) is 11.9. The number of aromatic hydroxyl groups is 1. The molecule has 12 N–H and O–H groups in total. The zero-order chi connectivity index (χ0) is 42.3. The number of rotatable bonds is 22. The van der Waals surface area contributed by atoms with Crippen LogP contribution in [0.25, 0.3) is 0 Å². The zero-order valence-corrected chi connectivity index (χ0v) is 31.9. The molecule has 55 heavy (non-hydrogen) atoms. The number of phosphoric acid groups is 2. The number of carbonyl (C=O) groups excluding carboxylic acids is 8. The monoisotopic (exact) mass is 825 g/mol. The molecule has 1 aromatic rings. The number of hydrogen-bond acceptors (Lipinski definition) is 13. The molecule has 308 valence electrons. The predicted molar refractivity (Wildman–Crippen MR) is 186 cm³/mol. The molecule has 7 atom stereocenters. The largest absolute Gasteiger partial charge is 0.508 e. The molecule has 1 aromatic carbocycles. The molecule has 0 aliphatic rings. The van der Waals surface area contributed by atoms with E-state index in [2.05, 4.69) is 35.6 Å². The fraction of sp³-hybridized carbons (Fsp3) is 0.517. The quantitative estimate of drug-likeness (QED) is 0.0390. The van der Waals surface area contributed by atoms with Gasteiger partial charge in [-0.2, -0.15) is 0 Å². The third kappa shape index (κ3) is 19.4. The maximum absolute atomic E-state index is 13.3. The Labute approximate surface area is 313 Å². The minimum absolute atomic E-state index is 0.0235. The first kappa shape index (κ1) is 48.2. The van der Waals surface area contributed by atoms with Gasteiger partial charge >= 0.3 is 15.6 Å². The van der Waals surface area contributed by atoms with Crippen LogP contribution in [-0.4, -0.2) is 128 Å². The van der Waals surface area contributed by atoms with Crippen molar-refractivity contribution in [1.29, 1.82) is 0 Å². The summed E-state index contributed by atoms with van der Waals surface area (Å²) in [6.45, 7) is 3.66. The number of benzene rings is 1. The SMILES string of the molecule is CC(=O)N[C@@H](Cc1ccc(O)cc1)C(=O)N[C@@H](C)C(=O)NCC(=O)N[C@@H](COP(=O)(O)O)C(=O)N[C@H](C(=O)N[C@@H](C)C(=O)N[C@@H](C)C=O)[C@@H](C)OP(=O)(O)O. The van der Waals surface area contributed by atoms with Crippen LogP contribution in [0.1, 0.15) is 40.2 Å². The van der Waals surface area contributed by atoms with Crippen molar-refractivity contribution in [3.05, 3.63) is 29.8 Å². The molecule has 7 amide bonds. The summed E-state index contributed by atoms with van der Waals surface area (Å²) in [5, 5.41) is 24.8. The van der Waals surface area contributed by atoms with Gasteiger partial charge in [0.05, 0.1) is 25.3 Å². The first-order chi connectivity index (χ1) is 25.3.